The van der Waals surface area contributed by atoms with Gasteiger partial charge in [-0.15, -0.1) is 0 Å². The van der Waals surface area contributed by atoms with E-state index in [1.165, 1.54) is 6.07 Å². The van der Waals surface area contributed by atoms with Crippen LogP contribution in [0.5, 0.6) is 0 Å². The highest BCUT2D eigenvalue weighted by Crippen LogP contribution is 2.42. The van der Waals surface area contributed by atoms with Crippen LogP contribution in [0, 0.1) is 10.1 Å². The van der Waals surface area contributed by atoms with Gasteiger partial charge in [0.2, 0.25) is 0 Å². The number of nitro groups is 1. The average molecular weight is 408 g/mol. The van der Waals surface area contributed by atoms with E-state index in [0.717, 1.165) is 5.69 Å². The smallest absolute Gasteiger partial charge is 0.280 e. The molecule has 8 heteroatoms. The standard InChI is InChI=1S/C21H20N4O3S/c1-13(2)24-20(19(23-21(24)29)15-8-5-6-12-22-15)18-11-10-17(28-18)14-7-3-4-9-16(14)25(26)27/h3-13,19-20H,1-2H3,(H,23,29)/t19-,20-/m1/s1. The normalized spacial score (nSPS) is 18.9. The Morgan fingerprint density at radius 3 is 2.62 bits per heavy atom. The Morgan fingerprint density at radius 2 is 1.93 bits per heavy atom. The Labute approximate surface area is 173 Å². The molecule has 1 aliphatic rings. The Hall–Kier alpha value is -3.26. The number of pyridine rings is 1. The molecule has 1 aromatic carbocycles. The van der Waals surface area contributed by atoms with E-state index in [0.29, 0.717) is 22.2 Å². The minimum Gasteiger partial charge on any atom is -0.459 e. The van der Waals surface area contributed by atoms with Crippen LogP contribution in [0.2, 0.25) is 0 Å². The summed E-state index contributed by atoms with van der Waals surface area (Å²) in [5.74, 6) is 1.13. The fourth-order valence-corrected chi connectivity index (χ4v) is 4.18. The Bertz CT molecular complexity index is 1050. The number of nitrogens with one attached hydrogen (secondary N) is 1. The number of benzene rings is 1. The van der Waals surface area contributed by atoms with Gasteiger partial charge in [0, 0.05) is 18.3 Å². The van der Waals surface area contributed by atoms with Gasteiger partial charge in [0.25, 0.3) is 5.69 Å². The highest BCUT2D eigenvalue weighted by molar-refractivity contribution is 7.80. The number of rotatable bonds is 5. The van der Waals surface area contributed by atoms with Crippen molar-refractivity contribution in [2.24, 2.45) is 0 Å². The van der Waals surface area contributed by atoms with Crippen LogP contribution in [-0.2, 0) is 0 Å². The molecule has 0 saturated carbocycles. The van der Waals surface area contributed by atoms with E-state index in [-0.39, 0.29) is 23.8 Å². The molecule has 148 valence electrons. The summed E-state index contributed by atoms with van der Waals surface area (Å²) >= 11 is 5.58. The summed E-state index contributed by atoms with van der Waals surface area (Å²) in [6, 6.07) is 15.7. The molecule has 29 heavy (non-hydrogen) atoms. The van der Waals surface area contributed by atoms with Crippen molar-refractivity contribution in [1.82, 2.24) is 15.2 Å². The molecule has 4 rings (SSSR count). The van der Waals surface area contributed by atoms with E-state index in [4.69, 9.17) is 16.6 Å². The first-order valence-corrected chi connectivity index (χ1v) is 9.71. The van der Waals surface area contributed by atoms with Gasteiger partial charge in [-0.3, -0.25) is 15.1 Å². The zero-order valence-electron chi connectivity index (χ0n) is 16.0. The molecule has 3 aromatic rings. The number of hydrogen-bond donors (Lipinski definition) is 1. The molecule has 0 unspecified atom stereocenters. The molecule has 0 bridgehead atoms. The third-order valence-electron chi connectivity index (χ3n) is 4.98. The van der Waals surface area contributed by atoms with E-state index in [1.54, 1.807) is 30.5 Å². The predicted octanol–water partition coefficient (Wildman–Crippen LogP) is 4.63. The zero-order chi connectivity index (χ0) is 20.5. The largest absolute Gasteiger partial charge is 0.459 e. The molecule has 0 amide bonds. The van der Waals surface area contributed by atoms with Crippen molar-refractivity contribution >= 4 is 23.0 Å². The van der Waals surface area contributed by atoms with Gasteiger partial charge in [0.15, 0.2) is 5.11 Å². The SMILES string of the molecule is CC(C)N1C(=S)N[C@H](c2ccccn2)[C@H]1c1ccc(-c2ccccc2[N+](=O)[O-])o1. The van der Waals surface area contributed by atoms with E-state index >= 15 is 0 Å². The molecule has 1 aliphatic heterocycles. The summed E-state index contributed by atoms with van der Waals surface area (Å²) in [7, 11) is 0. The Kier molecular flexibility index (Phi) is 5.02. The molecule has 7 nitrogen and oxygen atoms in total. The predicted molar refractivity (Wildman–Crippen MR) is 113 cm³/mol. The Morgan fingerprint density at radius 1 is 1.17 bits per heavy atom. The van der Waals surface area contributed by atoms with Crippen LogP contribution < -0.4 is 5.32 Å². The summed E-state index contributed by atoms with van der Waals surface area (Å²) in [5.41, 5.74) is 1.31. The maximum Gasteiger partial charge on any atom is 0.280 e. The summed E-state index contributed by atoms with van der Waals surface area (Å²) in [5, 5.41) is 15.4. The molecule has 2 aromatic heterocycles. The second-order valence-corrected chi connectivity index (χ2v) is 7.49. The van der Waals surface area contributed by atoms with Gasteiger partial charge in [0.1, 0.15) is 17.6 Å². The lowest BCUT2D eigenvalue weighted by Gasteiger charge is -2.29. The van der Waals surface area contributed by atoms with Crippen LogP contribution in [0.1, 0.15) is 37.4 Å². The molecule has 0 spiro atoms. The fraction of sp³-hybridized carbons (Fsp3) is 0.238. The van der Waals surface area contributed by atoms with Gasteiger partial charge < -0.3 is 14.6 Å². The zero-order valence-corrected chi connectivity index (χ0v) is 16.8. The van der Waals surface area contributed by atoms with Gasteiger partial charge in [-0.05, 0) is 56.4 Å². The van der Waals surface area contributed by atoms with Crippen molar-refractivity contribution in [2.45, 2.75) is 32.0 Å². The second kappa shape index (κ2) is 7.63. The molecule has 2 atom stereocenters. The van der Waals surface area contributed by atoms with Crippen molar-refractivity contribution in [3.8, 4) is 11.3 Å². The van der Waals surface area contributed by atoms with Crippen LogP contribution >= 0.6 is 12.2 Å². The van der Waals surface area contributed by atoms with Crippen molar-refractivity contribution < 1.29 is 9.34 Å². The summed E-state index contributed by atoms with van der Waals surface area (Å²) < 4.78 is 6.15. The lowest BCUT2D eigenvalue weighted by atomic mass is 10.0. The number of nitrogens with zero attached hydrogens (tertiary/aromatic N) is 3. The van der Waals surface area contributed by atoms with Crippen molar-refractivity contribution in [3.63, 3.8) is 0 Å². The van der Waals surface area contributed by atoms with Crippen molar-refractivity contribution in [3.05, 3.63) is 82.4 Å². The monoisotopic (exact) mass is 408 g/mol. The first kappa shape index (κ1) is 19.1. The highest BCUT2D eigenvalue weighted by atomic mass is 32.1. The molecule has 0 radical (unpaired) electrons. The van der Waals surface area contributed by atoms with E-state index in [1.807, 2.05) is 24.3 Å². The van der Waals surface area contributed by atoms with Crippen LogP contribution in [0.15, 0.2) is 65.2 Å². The van der Waals surface area contributed by atoms with Gasteiger partial charge >= 0.3 is 0 Å². The molecule has 1 N–H and O–H groups in total. The number of nitro benzene ring substituents is 1. The van der Waals surface area contributed by atoms with E-state index in [2.05, 4.69) is 29.0 Å². The Balaban J connectivity index is 1.78. The van der Waals surface area contributed by atoms with Crippen LogP contribution in [0.4, 0.5) is 5.69 Å². The van der Waals surface area contributed by atoms with E-state index in [9.17, 15) is 10.1 Å². The lowest BCUT2D eigenvalue weighted by Crippen LogP contribution is -2.35. The molecule has 3 heterocycles. The fourth-order valence-electron chi connectivity index (χ4n) is 3.72. The van der Waals surface area contributed by atoms with E-state index < -0.39 is 4.92 Å². The quantitative estimate of drug-likeness (QED) is 0.374. The topological polar surface area (TPSA) is 84.4 Å². The van der Waals surface area contributed by atoms with Gasteiger partial charge in [0.05, 0.1) is 22.2 Å². The second-order valence-electron chi connectivity index (χ2n) is 7.10. The van der Waals surface area contributed by atoms with Gasteiger partial charge in [-0.25, -0.2) is 0 Å². The molecular formula is C21H20N4O3S. The highest BCUT2D eigenvalue weighted by Gasteiger charge is 2.42. The first-order chi connectivity index (χ1) is 14.0. The number of para-hydroxylation sites is 1. The summed E-state index contributed by atoms with van der Waals surface area (Å²) in [6.45, 7) is 4.13. The third-order valence-corrected chi connectivity index (χ3v) is 5.30. The third kappa shape index (κ3) is 3.47. The van der Waals surface area contributed by atoms with Crippen LogP contribution in [0.25, 0.3) is 11.3 Å². The molecule has 0 aliphatic carbocycles. The minimum atomic E-state index is -0.402. The first-order valence-electron chi connectivity index (χ1n) is 9.30. The van der Waals surface area contributed by atoms with Crippen LogP contribution in [0.3, 0.4) is 0 Å². The van der Waals surface area contributed by atoms with Gasteiger partial charge in [-0.1, -0.05) is 18.2 Å². The lowest BCUT2D eigenvalue weighted by molar-refractivity contribution is -0.384. The molecule has 1 saturated heterocycles. The minimum absolute atomic E-state index is 0.00968. The average Bonchev–Trinajstić information content (AvgIpc) is 3.33. The summed E-state index contributed by atoms with van der Waals surface area (Å²) in [4.78, 5) is 17.6. The van der Waals surface area contributed by atoms with Crippen LogP contribution in [-0.4, -0.2) is 26.0 Å². The van der Waals surface area contributed by atoms with Crippen molar-refractivity contribution in [2.75, 3.05) is 0 Å². The molecule has 1 fully saturated rings. The summed E-state index contributed by atoms with van der Waals surface area (Å²) in [6.07, 6.45) is 1.75. The van der Waals surface area contributed by atoms with Gasteiger partial charge in [-0.2, -0.15) is 0 Å². The van der Waals surface area contributed by atoms with Crippen molar-refractivity contribution in [1.29, 1.82) is 0 Å². The molecular weight excluding hydrogens is 388 g/mol. The number of furan rings is 1. The number of aromatic nitrogens is 1. The number of thiocarbonyl (C=S) groups is 1. The number of hydrogen-bond acceptors (Lipinski definition) is 5. The maximum absolute atomic E-state index is 11.4. The maximum atomic E-state index is 11.4.